The largest absolute Gasteiger partial charge is 0.493 e. The number of rotatable bonds is 8. The van der Waals surface area contributed by atoms with Crippen LogP contribution in [0.3, 0.4) is 0 Å². The number of anilines is 2. The van der Waals surface area contributed by atoms with Gasteiger partial charge in [-0.2, -0.15) is 0 Å². The van der Waals surface area contributed by atoms with Crippen LogP contribution in [0.15, 0.2) is 60.7 Å². The molecule has 0 saturated heterocycles. The van der Waals surface area contributed by atoms with Gasteiger partial charge in [-0.05, 0) is 77.9 Å². The Morgan fingerprint density at radius 2 is 1.80 bits per heavy atom. The first-order valence-corrected chi connectivity index (χ1v) is 10.7. The molecule has 0 aliphatic heterocycles. The Balaban J connectivity index is 1.65. The summed E-state index contributed by atoms with van der Waals surface area (Å²) in [5.74, 6) is 0.947. The van der Waals surface area contributed by atoms with E-state index in [0.717, 1.165) is 20.5 Å². The second-order valence-electron chi connectivity index (χ2n) is 6.98. The SMILES string of the molecule is COc1cc(CNc2ccc(C)cc2C)cc(I)c1OCC(=O)Nc1ccccc1. The van der Waals surface area contributed by atoms with Crippen LogP contribution < -0.4 is 20.1 Å². The molecule has 156 valence electrons. The molecule has 6 heteroatoms. The predicted octanol–water partition coefficient (Wildman–Crippen LogP) is 5.55. The average molecular weight is 516 g/mol. The second kappa shape index (κ2) is 10.3. The predicted molar refractivity (Wildman–Crippen MR) is 130 cm³/mol. The maximum absolute atomic E-state index is 12.2. The Labute approximate surface area is 190 Å². The Hall–Kier alpha value is -2.74. The third-order valence-electron chi connectivity index (χ3n) is 4.56. The molecule has 0 atom stereocenters. The molecule has 0 heterocycles. The van der Waals surface area contributed by atoms with Crippen molar-refractivity contribution in [1.29, 1.82) is 0 Å². The van der Waals surface area contributed by atoms with Gasteiger partial charge in [-0.3, -0.25) is 4.79 Å². The fourth-order valence-corrected chi connectivity index (χ4v) is 3.90. The second-order valence-corrected chi connectivity index (χ2v) is 8.15. The highest BCUT2D eigenvalue weighted by molar-refractivity contribution is 14.1. The summed E-state index contributed by atoms with van der Waals surface area (Å²) < 4.78 is 12.2. The van der Waals surface area contributed by atoms with Crippen molar-refractivity contribution in [2.24, 2.45) is 0 Å². The summed E-state index contributed by atoms with van der Waals surface area (Å²) >= 11 is 2.21. The van der Waals surface area contributed by atoms with Crippen molar-refractivity contribution in [1.82, 2.24) is 0 Å². The maximum Gasteiger partial charge on any atom is 0.262 e. The minimum atomic E-state index is -0.223. The lowest BCUT2D eigenvalue weighted by Gasteiger charge is -2.16. The number of carbonyl (C=O) groups is 1. The molecule has 0 radical (unpaired) electrons. The van der Waals surface area contributed by atoms with Crippen molar-refractivity contribution in [3.05, 3.63) is 80.9 Å². The van der Waals surface area contributed by atoms with Gasteiger partial charge in [0.1, 0.15) is 0 Å². The monoisotopic (exact) mass is 516 g/mol. The average Bonchev–Trinajstić information content (AvgIpc) is 2.72. The number of para-hydroxylation sites is 1. The van der Waals surface area contributed by atoms with E-state index in [1.165, 1.54) is 11.1 Å². The Morgan fingerprint density at radius 3 is 2.50 bits per heavy atom. The smallest absolute Gasteiger partial charge is 0.262 e. The van der Waals surface area contributed by atoms with Crippen LogP contribution in [0.4, 0.5) is 11.4 Å². The van der Waals surface area contributed by atoms with Gasteiger partial charge >= 0.3 is 0 Å². The molecule has 0 aromatic heterocycles. The third-order valence-corrected chi connectivity index (χ3v) is 5.36. The molecule has 0 unspecified atom stereocenters. The van der Waals surface area contributed by atoms with Gasteiger partial charge in [0.25, 0.3) is 5.91 Å². The zero-order chi connectivity index (χ0) is 21.5. The molecule has 0 fully saturated rings. The number of halogens is 1. The van der Waals surface area contributed by atoms with Gasteiger partial charge in [0, 0.05) is 17.9 Å². The maximum atomic E-state index is 12.2. The fourth-order valence-electron chi connectivity index (χ4n) is 3.08. The first kappa shape index (κ1) is 22.0. The fraction of sp³-hybridized carbons (Fsp3) is 0.208. The summed E-state index contributed by atoms with van der Waals surface area (Å²) in [6.45, 7) is 4.74. The number of hydrogen-bond acceptors (Lipinski definition) is 4. The Morgan fingerprint density at radius 1 is 1.03 bits per heavy atom. The van der Waals surface area contributed by atoms with E-state index >= 15 is 0 Å². The van der Waals surface area contributed by atoms with E-state index < -0.39 is 0 Å². The van der Waals surface area contributed by atoms with Gasteiger partial charge in [-0.1, -0.05) is 35.9 Å². The number of benzene rings is 3. The van der Waals surface area contributed by atoms with Crippen LogP contribution in [0.5, 0.6) is 11.5 Å². The molecule has 3 aromatic carbocycles. The van der Waals surface area contributed by atoms with E-state index in [9.17, 15) is 4.79 Å². The van der Waals surface area contributed by atoms with E-state index in [4.69, 9.17) is 9.47 Å². The number of ether oxygens (including phenoxy) is 2. The van der Waals surface area contributed by atoms with Gasteiger partial charge in [0.2, 0.25) is 0 Å². The van der Waals surface area contributed by atoms with Gasteiger partial charge in [-0.15, -0.1) is 0 Å². The number of nitrogens with one attached hydrogen (secondary N) is 2. The van der Waals surface area contributed by atoms with E-state index in [1.807, 2.05) is 42.5 Å². The molecule has 0 saturated carbocycles. The lowest BCUT2D eigenvalue weighted by Crippen LogP contribution is -2.20. The van der Waals surface area contributed by atoms with Crippen LogP contribution in [0, 0.1) is 17.4 Å². The highest BCUT2D eigenvalue weighted by Crippen LogP contribution is 2.34. The highest BCUT2D eigenvalue weighted by Gasteiger charge is 2.14. The van der Waals surface area contributed by atoms with Crippen molar-refractivity contribution in [3.8, 4) is 11.5 Å². The topological polar surface area (TPSA) is 59.6 Å². The number of methoxy groups -OCH3 is 1. The molecular weight excluding hydrogens is 491 g/mol. The number of carbonyl (C=O) groups excluding carboxylic acids is 1. The quantitative estimate of drug-likeness (QED) is 0.386. The first-order valence-electron chi connectivity index (χ1n) is 9.61. The molecule has 3 rings (SSSR count). The van der Waals surface area contributed by atoms with Crippen LogP contribution in [0.25, 0.3) is 0 Å². The van der Waals surface area contributed by atoms with E-state index in [0.29, 0.717) is 18.0 Å². The number of aryl methyl sites for hydroxylation is 2. The van der Waals surface area contributed by atoms with E-state index in [1.54, 1.807) is 7.11 Å². The zero-order valence-corrected chi connectivity index (χ0v) is 19.4. The van der Waals surface area contributed by atoms with Gasteiger partial charge in [-0.25, -0.2) is 0 Å². The normalized spacial score (nSPS) is 10.4. The van der Waals surface area contributed by atoms with Crippen LogP contribution in [-0.4, -0.2) is 19.6 Å². The lowest BCUT2D eigenvalue weighted by atomic mass is 10.1. The molecule has 0 aliphatic carbocycles. The first-order chi connectivity index (χ1) is 14.5. The number of hydrogen-bond donors (Lipinski definition) is 2. The molecule has 0 spiro atoms. The molecule has 1 amide bonds. The molecule has 0 bridgehead atoms. The van der Waals surface area contributed by atoms with Gasteiger partial charge in [0.15, 0.2) is 18.1 Å². The van der Waals surface area contributed by atoms with Crippen LogP contribution in [0.1, 0.15) is 16.7 Å². The summed E-state index contributed by atoms with van der Waals surface area (Å²) in [5.41, 5.74) is 5.36. The number of amides is 1. The van der Waals surface area contributed by atoms with Crippen molar-refractivity contribution < 1.29 is 14.3 Å². The van der Waals surface area contributed by atoms with Crippen LogP contribution in [-0.2, 0) is 11.3 Å². The van der Waals surface area contributed by atoms with E-state index in [-0.39, 0.29) is 12.5 Å². The van der Waals surface area contributed by atoms with Crippen molar-refractivity contribution in [2.75, 3.05) is 24.4 Å². The van der Waals surface area contributed by atoms with Gasteiger partial charge < -0.3 is 20.1 Å². The Bertz CT molecular complexity index is 1020. The van der Waals surface area contributed by atoms with Crippen molar-refractivity contribution in [2.45, 2.75) is 20.4 Å². The summed E-state index contributed by atoms with van der Waals surface area (Å²) in [6.07, 6.45) is 0. The molecule has 0 aliphatic rings. The minimum Gasteiger partial charge on any atom is -0.493 e. The van der Waals surface area contributed by atoms with Crippen molar-refractivity contribution >= 4 is 39.9 Å². The minimum absolute atomic E-state index is 0.0958. The van der Waals surface area contributed by atoms with Gasteiger partial charge in [0.05, 0.1) is 10.7 Å². The standard InChI is InChI=1S/C24H25IN2O3/c1-16-9-10-21(17(2)11-16)26-14-18-12-20(25)24(22(13-18)29-3)30-15-23(28)27-19-7-5-4-6-8-19/h4-13,26H,14-15H2,1-3H3,(H,27,28). The molecule has 2 N–H and O–H groups in total. The molecular formula is C24H25IN2O3. The summed E-state index contributed by atoms with van der Waals surface area (Å²) in [7, 11) is 1.60. The Kier molecular flexibility index (Phi) is 7.57. The molecule has 5 nitrogen and oxygen atoms in total. The summed E-state index contributed by atoms with van der Waals surface area (Å²) in [4.78, 5) is 12.2. The van der Waals surface area contributed by atoms with Crippen molar-refractivity contribution in [3.63, 3.8) is 0 Å². The molecule has 30 heavy (non-hydrogen) atoms. The lowest BCUT2D eigenvalue weighted by molar-refractivity contribution is -0.118. The third kappa shape index (κ3) is 5.89. The summed E-state index contributed by atoms with van der Waals surface area (Å²) in [5, 5.41) is 6.28. The zero-order valence-electron chi connectivity index (χ0n) is 17.3. The summed E-state index contributed by atoms with van der Waals surface area (Å²) in [6, 6.07) is 19.6. The molecule has 3 aromatic rings. The van der Waals surface area contributed by atoms with Crippen LogP contribution >= 0.6 is 22.6 Å². The highest BCUT2D eigenvalue weighted by atomic mass is 127. The van der Waals surface area contributed by atoms with E-state index in [2.05, 4.69) is 65.3 Å². The van der Waals surface area contributed by atoms with Crippen LogP contribution in [0.2, 0.25) is 0 Å².